The van der Waals surface area contributed by atoms with E-state index in [0.29, 0.717) is 10.9 Å². The normalized spacial score (nSPS) is 18.1. The van der Waals surface area contributed by atoms with Crippen LogP contribution in [0.25, 0.3) is 16.7 Å². The van der Waals surface area contributed by atoms with E-state index in [9.17, 15) is 4.79 Å². The fourth-order valence-electron chi connectivity index (χ4n) is 4.41. The minimum Gasteiger partial charge on any atom is -0.352 e. The predicted octanol–water partition coefficient (Wildman–Crippen LogP) is 4.43. The molecule has 1 saturated carbocycles. The molecule has 0 bridgehead atoms. The average Bonchev–Trinajstić information content (AvgIpc) is 3.21. The lowest BCUT2D eigenvalue weighted by Crippen LogP contribution is -2.51. The molecule has 0 N–H and O–H groups in total. The molecule has 1 amide bonds. The number of halogens is 1. The Balaban J connectivity index is 1.50. The fraction of sp³-hybridized carbons (Fsp3) is 0.500. The molecule has 1 aliphatic heterocycles. The van der Waals surface area contributed by atoms with Gasteiger partial charge >= 0.3 is 0 Å². The summed E-state index contributed by atoms with van der Waals surface area (Å²) < 4.78 is 1.81. The standard InChI is InChI=1S/C24H29ClN6O/c1-3-16(2)21-27-22(29-11-13-30(14-12-29)24(32)17-7-6-8-17)18-15-26-31(23(18)28-21)20-10-5-4-9-19(20)25/h4-5,9-10,15-17H,3,6-8,11-14H2,1-2H3. The van der Waals surface area contributed by atoms with Crippen LogP contribution in [0.1, 0.15) is 51.3 Å². The Morgan fingerprint density at radius 1 is 1.16 bits per heavy atom. The monoisotopic (exact) mass is 452 g/mol. The zero-order chi connectivity index (χ0) is 22.2. The number of fused-ring (bicyclic) bond motifs is 1. The highest BCUT2D eigenvalue weighted by Crippen LogP contribution is 2.32. The number of para-hydroxylation sites is 1. The van der Waals surface area contributed by atoms with Crippen molar-refractivity contribution < 1.29 is 4.79 Å². The SMILES string of the molecule is CCC(C)c1nc(N2CCN(C(=O)C3CCC3)CC2)c2cnn(-c3ccccc3Cl)c2n1. The molecule has 5 rings (SSSR count). The number of rotatable bonds is 5. The first kappa shape index (κ1) is 21.2. The lowest BCUT2D eigenvalue weighted by Gasteiger charge is -2.38. The lowest BCUT2D eigenvalue weighted by molar-refractivity contribution is -0.138. The van der Waals surface area contributed by atoms with Crippen LogP contribution >= 0.6 is 11.6 Å². The molecule has 3 heterocycles. The summed E-state index contributed by atoms with van der Waals surface area (Å²) in [5.74, 6) is 2.53. The minimum absolute atomic E-state index is 0.231. The van der Waals surface area contributed by atoms with E-state index in [1.54, 1.807) is 0 Å². The van der Waals surface area contributed by atoms with Gasteiger partial charge in [-0.25, -0.2) is 14.6 Å². The number of benzene rings is 1. The van der Waals surface area contributed by atoms with Crippen LogP contribution in [0.15, 0.2) is 30.5 Å². The molecule has 0 spiro atoms. The first-order chi connectivity index (χ1) is 15.6. The number of piperazine rings is 1. The van der Waals surface area contributed by atoms with Crippen molar-refractivity contribution in [3.05, 3.63) is 41.3 Å². The van der Waals surface area contributed by atoms with Gasteiger partial charge in [0.15, 0.2) is 5.65 Å². The van der Waals surface area contributed by atoms with Crippen LogP contribution in [-0.2, 0) is 4.79 Å². The van der Waals surface area contributed by atoms with Gasteiger partial charge in [-0.3, -0.25) is 4.79 Å². The average molecular weight is 453 g/mol. The highest BCUT2D eigenvalue weighted by atomic mass is 35.5. The second-order valence-electron chi connectivity index (χ2n) is 8.90. The molecule has 2 aromatic heterocycles. The Labute approximate surface area is 193 Å². The van der Waals surface area contributed by atoms with Crippen molar-refractivity contribution in [1.29, 1.82) is 0 Å². The molecular formula is C24H29ClN6O. The molecule has 1 aliphatic carbocycles. The Morgan fingerprint density at radius 3 is 2.56 bits per heavy atom. The number of anilines is 1. The summed E-state index contributed by atoms with van der Waals surface area (Å²) in [7, 11) is 0. The van der Waals surface area contributed by atoms with Crippen molar-refractivity contribution in [1.82, 2.24) is 24.6 Å². The molecule has 1 aromatic carbocycles. The van der Waals surface area contributed by atoms with Crippen molar-refractivity contribution in [2.45, 2.75) is 45.4 Å². The van der Waals surface area contributed by atoms with Crippen LogP contribution < -0.4 is 4.90 Å². The predicted molar refractivity (Wildman–Crippen MR) is 127 cm³/mol. The van der Waals surface area contributed by atoms with Gasteiger partial charge in [0.1, 0.15) is 11.6 Å². The van der Waals surface area contributed by atoms with Gasteiger partial charge < -0.3 is 9.80 Å². The molecule has 168 valence electrons. The van der Waals surface area contributed by atoms with E-state index in [1.807, 2.05) is 40.0 Å². The van der Waals surface area contributed by atoms with E-state index in [1.165, 1.54) is 6.42 Å². The first-order valence-corrected chi connectivity index (χ1v) is 12.0. The smallest absolute Gasteiger partial charge is 0.225 e. The van der Waals surface area contributed by atoms with E-state index in [-0.39, 0.29) is 11.8 Å². The highest BCUT2D eigenvalue weighted by Gasteiger charge is 2.32. The third-order valence-corrected chi connectivity index (χ3v) is 7.22. The topological polar surface area (TPSA) is 67.2 Å². The molecule has 1 saturated heterocycles. The van der Waals surface area contributed by atoms with Crippen molar-refractivity contribution >= 4 is 34.4 Å². The maximum Gasteiger partial charge on any atom is 0.225 e. The van der Waals surface area contributed by atoms with Gasteiger partial charge in [0.2, 0.25) is 5.91 Å². The fourth-order valence-corrected chi connectivity index (χ4v) is 4.62. The van der Waals surface area contributed by atoms with Gasteiger partial charge in [-0.2, -0.15) is 5.10 Å². The molecular weight excluding hydrogens is 424 g/mol. The summed E-state index contributed by atoms with van der Waals surface area (Å²) >= 11 is 6.47. The van der Waals surface area contributed by atoms with Gasteiger partial charge in [-0.15, -0.1) is 0 Å². The number of hydrogen-bond donors (Lipinski definition) is 0. The quantitative estimate of drug-likeness (QED) is 0.572. The zero-order valence-corrected chi connectivity index (χ0v) is 19.4. The number of hydrogen-bond acceptors (Lipinski definition) is 5. The highest BCUT2D eigenvalue weighted by molar-refractivity contribution is 6.32. The number of aromatic nitrogens is 4. The summed E-state index contributed by atoms with van der Waals surface area (Å²) in [5, 5.41) is 6.17. The Morgan fingerprint density at radius 2 is 1.91 bits per heavy atom. The van der Waals surface area contributed by atoms with Crippen molar-refractivity contribution in [3.63, 3.8) is 0 Å². The van der Waals surface area contributed by atoms with Crippen LogP contribution in [0.4, 0.5) is 5.82 Å². The van der Waals surface area contributed by atoms with Crippen LogP contribution in [0, 0.1) is 5.92 Å². The second-order valence-corrected chi connectivity index (χ2v) is 9.31. The largest absolute Gasteiger partial charge is 0.352 e. The van der Waals surface area contributed by atoms with Crippen LogP contribution in [-0.4, -0.2) is 56.7 Å². The molecule has 8 heteroatoms. The minimum atomic E-state index is 0.231. The van der Waals surface area contributed by atoms with E-state index in [2.05, 4.69) is 23.8 Å². The van der Waals surface area contributed by atoms with Crippen LogP contribution in [0.5, 0.6) is 0 Å². The second kappa shape index (κ2) is 8.70. The summed E-state index contributed by atoms with van der Waals surface area (Å²) in [6.45, 7) is 7.30. The van der Waals surface area contributed by atoms with Gasteiger partial charge in [0, 0.05) is 38.0 Å². The lowest BCUT2D eigenvalue weighted by atomic mass is 9.84. The van der Waals surface area contributed by atoms with E-state index >= 15 is 0 Å². The summed E-state index contributed by atoms with van der Waals surface area (Å²) in [6.07, 6.45) is 6.06. The Bertz CT molecular complexity index is 1130. The Kier molecular flexibility index (Phi) is 5.76. The summed E-state index contributed by atoms with van der Waals surface area (Å²) in [5.41, 5.74) is 1.58. The summed E-state index contributed by atoms with van der Waals surface area (Å²) in [4.78, 5) is 26.9. The molecule has 3 aromatic rings. The van der Waals surface area contributed by atoms with Gasteiger partial charge in [0.25, 0.3) is 0 Å². The number of carbonyl (C=O) groups is 1. The van der Waals surface area contributed by atoms with Crippen molar-refractivity contribution in [3.8, 4) is 5.69 Å². The van der Waals surface area contributed by atoms with Crippen LogP contribution in [0.3, 0.4) is 0 Å². The molecule has 32 heavy (non-hydrogen) atoms. The third kappa shape index (κ3) is 3.72. The third-order valence-electron chi connectivity index (χ3n) is 6.90. The number of amides is 1. The molecule has 2 aliphatic rings. The van der Waals surface area contributed by atoms with Gasteiger partial charge in [-0.05, 0) is 31.4 Å². The van der Waals surface area contributed by atoms with Crippen molar-refractivity contribution in [2.24, 2.45) is 5.92 Å². The molecule has 7 nitrogen and oxygen atoms in total. The number of carbonyl (C=O) groups excluding carboxylic acids is 1. The molecule has 0 radical (unpaired) electrons. The van der Waals surface area contributed by atoms with E-state index < -0.39 is 0 Å². The maximum absolute atomic E-state index is 12.7. The van der Waals surface area contributed by atoms with E-state index in [4.69, 9.17) is 21.6 Å². The maximum atomic E-state index is 12.7. The molecule has 1 atom stereocenters. The molecule has 2 fully saturated rings. The van der Waals surface area contributed by atoms with Gasteiger partial charge in [-0.1, -0.05) is 44.0 Å². The first-order valence-electron chi connectivity index (χ1n) is 11.6. The molecule has 1 unspecified atom stereocenters. The Hall–Kier alpha value is -2.67. The van der Waals surface area contributed by atoms with Crippen molar-refractivity contribution in [2.75, 3.05) is 31.1 Å². The zero-order valence-electron chi connectivity index (χ0n) is 18.7. The van der Waals surface area contributed by atoms with E-state index in [0.717, 1.165) is 73.8 Å². The number of nitrogens with zero attached hydrogens (tertiary/aromatic N) is 6. The van der Waals surface area contributed by atoms with Gasteiger partial charge in [0.05, 0.1) is 22.3 Å². The summed E-state index contributed by atoms with van der Waals surface area (Å²) in [6, 6.07) is 7.67. The van der Waals surface area contributed by atoms with Crippen LogP contribution in [0.2, 0.25) is 5.02 Å².